The Labute approximate surface area is 166 Å². The number of anilines is 1. The zero-order valence-electron chi connectivity index (χ0n) is 15.4. The summed E-state index contributed by atoms with van der Waals surface area (Å²) in [4.78, 5) is 21.6. The van der Waals surface area contributed by atoms with Crippen LogP contribution in [0.5, 0.6) is 0 Å². The van der Waals surface area contributed by atoms with E-state index in [1.807, 2.05) is 6.92 Å². The number of aromatic nitrogens is 4. The number of methoxy groups -OCH3 is 1. The quantitative estimate of drug-likeness (QED) is 0.656. The maximum Gasteiger partial charge on any atom is 0.287 e. The van der Waals surface area contributed by atoms with E-state index in [0.29, 0.717) is 36.1 Å². The number of nitrogens with zero attached hydrogens (tertiary/aromatic N) is 4. The van der Waals surface area contributed by atoms with Gasteiger partial charge in [-0.25, -0.2) is 4.98 Å². The summed E-state index contributed by atoms with van der Waals surface area (Å²) in [5, 5.41) is 22.4. The van der Waals surface area contributed by atoms with Crippen LogP contribution in [0.1, 0.15) is 47.7 Å². The van der Waals surface area contributed by atoms with Crippen molar-refractivity contribution in [2.75, 3.05) is 25.1 Å². The Morgan fingerprint density at radius 3 is 2.93 bits per heavy atom. The molecular formula is C16H23ClN6O3S. The van der Waals surface area contributed by atoms with Crippen LogP contribution in [-0.2, 0) is 11.2 Å². The number of aliphatic hydroxyl groups excluding tert-OH is 1. The van der Waals surface area contributed by atoms with Gasteiger partial charge in [-0.15, -0.1) is 10.2 Å². The van der Waals surface area contributed by atoms with Crippen LogP contribution in [0.2, 0.25) is 5.15 Å². The fourth-order valence-electron chi connectivity index (χ4n) is 2.98. The third-order valence-electron chi connectivity index (χ3n) is 4.53. The van der Waals surface area contributed by atoms with Gasteiger partial charge in [0.05, 0.1) is 17.8 Å². The topological polar surface area (TPSA) is 116 Å². The van der Waals surface area contributed by atoms with Gasteiger partial charge in [0.15, 0.2) is 11.0 Å². The number of aryl methyl sites for hydroxylation is 1. The first-order chi connectivity index (χ1) is 12.9. The molecule has 3 atom stereocenters. The summed E-state index contributed by atoms with van der Waals surface area (Å²) >= 11 is 7.38. The smallest absolute Gasteiger partial charge is 0.287 e. The summed E-state index contributed by atoms with van der Waals surface area (Å²) < 4.78 is 5.59. The number of piperidine rings is 1. The molecule has 2 aromatic heterocycles. The summed E-state index contributed by atoms with van der Waals surface area (Å²) in [7, 11) is 1.62. The van der Waals surface area contributed by atoms with E-state index in [0.717, 1.165) is 10.8 Å². The van der Waals surface area contributed by atoms with Gasteiger partial charge in [-0.2, -0.15) is 0 Å². The van der Waals surface area contributed by atoms with Gasteiger partial charge in [-0.05, 0) is 19.8 Å². The van der Waals surface area contributed by atoms with Crippen molar-refractivity contribution in [1.82, 2.24) is 25.5 Å². The zero-order valence-corrected chi connectivity index (χ0v) is 17.0. The van der Waals surface area contributed by atoms with E-state index < -0.39 is 6.10 Å². The predicted octanol–water partition coefficient (Wildman–Crippen LogP) is 1.55. The number of amides is 1. The lowest BCUT2D eigenvalue weighted by Crippen LogP contribution is -2.55. The van der Waals surface area contributed by atoms with Crippen molar-refractivity contribution in [1.29, 1.82) is 0 Å². The van der Waals surface area contributed by atoms with Gasteiger partial charge in [0.1, 0.15) is 11.1 Å². The molecule has 148 valence electrons. The van der Waals surface area contributed by atoms with Gasteiger partial charge in [0.2, 0.25) is 5.13 Å². The molecule has 27 heavy (non-hydrogen) atoms. The minimum Gasteiger partial charge on any atom is -0.386 e. The lowest BCUT2D eigenvalue weighted by atomic mass is 10.0. The number of aromatic amines is 1. The number of carbonyl (C=O) groups excluding carboxylic acids is 1. The number of H-pyrrole nitrogens is 1. The Hall–Kier alpha value is -1.75. The van der Waals surface area contributed by atoms with E-state index in [1.54, 1.807) is 14.0 Å². The second-order valence-electron chi connectivity index (χ2n) is 6.40. The van der Waals surface area contributed by atoms with Crippen LogP contribution >= 0.6 is 22.9 Å². The number of nitrogens with one attached hydrogen (secondary N) is 2. The molecule has 2 aromatic rings. The van der Waals surface area contributed by atoms with E-state index in [2.05, 4.69) is 30.4 Å². The third kappa shape index (κ3) is 4.40. The summed E-state index contributed by atoms with van der Waals surface area (Å²) in [6.45, 7) is 4.86. The largest absolute Gasteiger partial charge is 0.386 e. The molecule has 1 aliphatic rings. The number of rotatable bonds is 6. The number of aliphatic hydroxyl groups is 1. The van der Waals surface area contributed by atoms with Crippen molar-refractivity contribution < 1.29 is 14.6 Å². The fraction of sp³-hybridized carbons (Fsp3) is 0.625. The summed E-state index contributed by atoms with van der Waals surface area (Å²) in [6, 6.07) is -0.156. The van der Waals surface area contributed by atoms with Gasteiger partial charge < -0.3 is 25.0 Å². The normalized spacial score (nSPS) is 21.3. The second kappa shape index (κ2) is 8.51. The first-order valence-electron chi connectivity index (χ1n) is 8.77. The monoisotopic (exact) mass is 414 g/mol. The maximum atomic E-state index is 12.5. The van der Waals surface area contributed by atoms with Crippen molar-refractivity contribution >= 4 is 34.0 Å². The minimum absolute atomic E-state index is 0.156. The highest BCUT2D eigenvalue weighted by atomic mass is 35.5. The molecule has 1 unspecified atom stereocenters. The SMILES string of the molecule is CCc1[nH]c(C(=O)N[C@@H]2CCN(c3nnc(C(C)O)s3)C[C@@H]2OC)nc1Cl. The fourth-order valence-corrected chi connectivity index (χ4v) is 4.07. The zero-order chi connectivity index (χ0) is 19.6. The molecule has 0 bridgehead atoms. The van der Waals surface area contributed by atoms with Crippen molar-refractivity contribution in [3.63, 3.8) is 0 Å². The third-order valence-corrected chi connectivity index (χ3v) is 6.00. The van der Waals surface area contributed by atoms with Crippen molar-refractivity contribution in [3.8, 4) is 0 Å². The molecule has 0 radical (unpaired) electrons. The van der Waals surface area contributed by atoms with Crippen LogP contribution in [0, 0.1) is 0 Å². The highest BCUT2D eigenvalue weighted by molar-refractivity contribution is 7.15. The van der Waals surface area contributed by atoms with Crippen molar-refractivity contribution in [2.24, 2.45) is 0 Å². The van der Waals surface area contributed by atoms with Gasteiger partial charge >= 0.3 is 0 Å². The molecular weight excluding hydrogens is 392 g/mol. The van der Waals surface area contributed by atoms with Gasteiger partial charge in [-0.1, -0.05) is 29.9 Å². The van der Waals surface area contributed by atoms with Gasteiger partial charge in [0.25, 0.3) is 5.91 Å². The molecule has 0 saturated carbocycles. The van der Waals surface area contributed by atoms with Crippen molar-refractivity contribution in [3.05, 3.63) is 21.7 Å². The van der Waals surface area contributed by atoms with Gasteiger partial charge in [-0.3, -0.25) is 4.79 Å². The molecule has 9 nitrogen and oxygen atoms in total. The number of carbonyl (C=O) groups is 1. The van der Waals surface area contributed by atoms with E-state index in [1.165, 1.54) is 11.3 Å². The number of hydrogen-bond donors (Lipinski definition) is 3. The Bertz CT molecular complexity index is 795. The minimum atomic E-state index is -0.639. The number of imidazole rings is 1. The lowest BCUT2D eigenvalue weighted by molar-refractivity contribution is 0.0538. The summed E-state index contributed by atoms with van der Waals surface area (Å²) in [6.07, 6.45) is 0.509. The van der Waals surface area contributed by atoms with E-state index >= 15 is 0 Å². The highest BCUT2D eigenvalue weighted by Gasteiger charge is 2.33. The Kier molecular flexibility index (Phi) is 6.30. The van der Waals surface area contributed by atoms with E-state index in [4.69, 9.17) is 16.3 Å². The second-order valence-corrected chi connectivity index (χ2v) is 7.74. The van der Waals surface area contributed by atoms with E-state index in [9.17, 15) is 9.90 Å². The van der Waals surface area contributed by atoms with E-state index in [-0.39, 0.29) is 23.9 Å². The first-order valence-corrected chi connectivity index (χ1v) is 9.96. The standard InChI is InChI=1S/C16H23ClN6O3S/c1-4-9-12(17)20-13(18-9)14(25)19-10-5-6-23(7-11(10)26-3)16-22-21-15(27-16)8(2)24/h8,10-11,24H,4-7H2,1-3H3,(H,18,20)(H,19,25)/t8?,10-,11+/m1/s1. The molecule has 1 aliphatic heterocycles. The van der Waals surface area contributed by atoms with Crippen LogP contribution in [0.3, 0.4) is 0 Å². The number of hydrogen-bond acceptors (Lipinski definition) is 8. The number of ether oxygens (including phenoxy) is 1. The predicted molar refractivity (Wildman–Crippen MR) is 102 cm³/mol. The average Bonchev–Trinajstić information content (AvgIpc) is 3.29. The molecule has 3 rings (SSSR count). The number of halogens is 1. The van der Waals surface area contributed by atoms with Crippen LogP contribution in [0.15, 0.2) is 0 Å². The highest BCUT2D eigenvalue weighted by Crippen LogP contribution is 2.27. The molecule has 1 saturated heterocycles. The summed E-state index contributed by atoms with van der Waals surface area (Å²) in [5.41, 5.74) is 0.741. The van der Waals surface area contributed by atoms with Crippen LogP contribution in [0.25, 0.3) is 0 Å². The maximum absolute atomic E-state index is 12.5. The van der Waals surface area contributed by atoms with Gasteiger partial charge in [0, 0.05) is 20.2 Å². The molecule has 0 spiro atoms. The summed E-state index contributed by atoms with van der Waals surface area (Å²) in [5.74, 6) is -0.0933. The Balaban J connectivity index is 1.64. The molecule has 1 amide bonds. The average molecular weight is 415 g/mol. The molecule has 1 fully saturated rings. The molecule has 11 heteroatoms. The lowest BCUT2D eigenvalue weighted by Gasteiger charge is -2.37. The van der Waals surface area contributed by atoms with Crippen LogP contribution in [-0.4, -0.2) is 63.5 Å². The van der Waals surface area contributed by atoms with Crippen LogP contribution in [0.4, 0.5) is 5.13 Å². The molecule has 3 heterocycles. The van der Waals surface area contributed by atoms with Crippen LogP contribution < -0.4 is 10.2 Å². The molecule has 0 aromatic carbocycles. The molecule has 0 aliphatic carbocycles. The molecule has 3 N–H and O–H groups in total. The first kappa shape index (κ1) is 20.0. The van der Waals surface area contributed by atoms with Crippen molar-refractivity contribution in [2.45, 2.75) is 44.9 Å². The Morgan fingerprint density at radius 2 is 2.33 bits per heavy atom. The Morgan fingerprint density at radius 1 is 1.56 bits per heavy atom.